The lowest BCUT2D eigenvalue weighted by molar-refractivity contribution is -0.145. The van der Waals surface area contributed by atoms with Crippen molar-refractivity contribution in [2.45, 2.75) is 102 Å². The number of carbonyl (C=O) groups is 2. The van der Waals surface area contributed by atoms with Gasteiger partial charge in [0.2, 0.25) is 0 Å². The van der Waals surface area contributed by atoms with E-state index in [2.05, 4.69) is 35.4 Å². The van der Waals surface area contributed by atoms with Crippen LogP contribution in [0.5, 0.6) is 0 Å². The molecular weight excluding hydrogens is 452 g/mol. The number of carboxylic acids is 1. The second kappa shape index (κ2) is 9.37. The highest BCUT2D eigenvalue weighted by Gasteiger charge is 2.40. The van der Waals surface area contributed by atoms with Crippen LogP contribution in [0, 0.1) is 11.8 Å². The van der Waals surface area contributed by atoms with Gasteiger partial charge in [-0.05, 0) is 86.1 Å². The molecule has 3 fully saturated rings. The number of H-pyrrole nitrogens is 1. The molecule has 0 bridgehead atoms. The maximum Gasteiger partial charge on any atom is 0.306 e. The largest absolute Gasteiger partial charge is 0.481 e. The number of benzene rings is 1. The summed E-state index contributed by atoms with van der Waals surface area (Å²) in [6.45, 7) is 5.93. The fourth-order valence-corrected chi connectivity index (χ4v) is 5.88. The number of nitrogens with one attached hydrogen (secondary N) is 2. The highest BCUT2D eigenvalue weighted by atomic mass is 16.4. The van der Waals surface area contributed by atoms with Gasteiger partial charge in [-0.15, -0.1) is 0 Å². The molecule has 194 valence electrons. The van der Waals surface area contributed by atoms with Crippen LogP contribution < -0.4 is 5.32 Å². The summed E-state index contributed by atoms with van der Waals surface area (Å²) in [6, 6.07) is 8.34. The number of aromatic nitrogens is 1. The van der Waals surface area contributed by atoms with E-state index in [4.69, 9.17) is 5.11 Å². The molecule has 3 aliphatic rings. The lowest BCUT2D eigenvalue weighted by atomic mass is 9.80. The average molecular weight is 493 g/mol. The summed E-state index contributed by atoms with van der Waals surface area (Å²) >= 11 is 0. The van der Waals surface area contributed by atoms with Crippen LogP contribution in [0.25, 0.3) is 11.1 Å². The molecule has 0 atom stereocenters. The Hall–Kier alpha value is -2.60. The molecule has 1 aromatic heterocycles. The van der Waals surface area contributed by atoms with Gasteiger partial charge in [0.1, 0.15) is 5.69 Å². The van der Waals surface area contributed by atoms with Crippen molar-refractivity contribution in [2.75, 3.05) is 0 Å². The Bertz CT molecular complexity index is 1120. The van der Waals surface area contributed by atoms with Crippen molar-refractivity contribution in [1.29, 1.82) is 0 Å². The van der Waals surface area contributed by atoms with Crippen LogP contribution in [0.3, 0.4) is 0 Å². The number of amides is 1. The van der Waals surface area contributed by atoms with Gasteiger partial charge in [-0.25, -0.2) is 0 Å². The molecule has 6 heteroatoms. The van der Waals surface area contributed by atoms with Gasteiger partial charge in [0.25, 0.3) is 5.91 Å². The number of hydrogen-bond donors (Lipinski definition) is 4. The number of carbonyl (C=O) groups excluding carboxylic acids is 1. The topological polar surface area (TPSA) is 102 Å². The monoisotopic (exact) mass is 492 g/mol. The second-order valence-electron chi connectivity index (χ2n) is 12.4. The van der Waals surface area contributed by atoms with Crippen molar-refractivity contribution >= 4 is 11.9 Å². The maximum atomic E-state index is 13.1. The third kappa shape index (κ3) is 5.24. The molecule has 36 heavy (non-hydrogen) atoms. The third-order valence-electron chi connectivity index (χ3n) is 8.83. The first-order valence-electron chi connectivity index (χ1n) is 13.7. The zero-order chi connectivity index (χ0) is 25.7. The summed E-state index contributed by atoms with van der Waals surface area (Å²) in [5.74, 6) is -0.715. The van der Waals surface area contributed by atoms with E-state index in [1.165, 1.54) is 37.7 Å². The number of hydrogen-bond acceptors (Lipinski definition) is 3. The van der Waals surface area contributed by atoms with Crippen LogP contribution in [0.2, 0.25) is 0 Å². The van der Waals surface area contributed by atoms with Gasteiger partial charge in [0.15, 0.2) is 0 Å². The van der Waals surface area contributed by atoms with E-state index >= 15 is 0 Å². The van der Waals surface area contributed by atoms with Crippen LogP contribution in [-0.4, -0.2) is 33.1 Å². The van der Waals surface area contributed by atoms with Crippen molar-refractivity contribution in [3.8, 4) is 11.1 Å². The Balaban J connectivity index is 1.48. The highest BCUT2D eigenvalue weighted by Crippen LogP contribution is 2.49. The summed E-state index contributed by atoms with van der Waals surface area (Å²) in [5.41, 5.74) is 5.05. The molecule has 3 aliphatic carbocycles. The van der Waals surface area contributed by atoms with Crippen molar-refractivity contribution in [3.63, 3.8) is 0 Å². The summed E-state index contributed by atoms with van der Waals surface area (Å²) in [7, 11) is 0. The molecule has 4 N–H and O–H groups in total. The number of rotatable bonds is 8. The van der Waals surface area contributed by atoms with Gasteiger partial charge in [0.05, 0.1) is 11.5 Å². The molecule has 1 aromatic carbocycles. The van der Waals surface area contributed by atoms with Crippen molar-refractivity contribution in [2.24, 2.45) is 11.8 Å². The van der Waals surface area contributed by atoms with Crippen molar-refractivity contribution in [3.05, 3.63) is 46.8 Å². The molecule has 1 heterocycles. The van der Waals surface area contributed by atoms with E-state index < -0.39 is 11.6 Å². The zero-order valence-electron chi connectivity index (χ0n) is 21.8. The fourth-order valence-electron chi connectivity index (χ4n) is 5.88. The first-order chi connectivity index (χ1) is 17.0. The first-order valence-corrected chi connectivity index (χ1v) is 13.7. The Morgan fingerprint density at radius 3 is 2.39 bits per heavy atom. The van der Waals surface area contributed by atoms with Crippen LogP contribution in [0.15, 0.2) is 24.3 Å². The zero-order valence-corrected chi connectivity index (χ0v) is 21.8. The van der Waals surface area contributed by atoms with E-state index in [0.717, 1.165) is 41.6 Å². The van der Waals surface area contributed by atoms with E-state index in [9.17, 15) is 14.7 Å². The van der Waals surface area contributed by atoms with Gasteiger partial charge in [0, 0.05) is 17.3 Å². The minimum Gasteiger partial charge on any atom is -0.481 e. The second-order valence-corrected chi connectivity index (χ2v) is 12.4. The third-order valence-corrected chi connectivity index (χ3v) is 8.83. The predicted octanol–water partition coefficient (Wildman–Crippen LogP) is 5.68. The smallest absolute Gasteiger partial charge is 0.306 e. The van der Waals surface area contributed by atoms with E-state index in [0.29, 0.717) is 24.5 Å². The molecule has 3 saturated carbocycles. The number of aromatic amines is 1. The Kier molecular flexibility index (Phi) is 6.52. The van der Waals surface area contributed by atoms with Crippen LogP contribution in [-0.2, 0) is 22.2 Å². The first kappa shape index (κ1) is 25.1. The number of carboxylic acid groups (broad SMARTS) is 1. The minimum absolute atomic E-state index is 0.0907. The summed E-state index contributed by atoms with van der Waals surface area (Å²) < 4.78 is 0. The maximum absolute atomic E-state index is 13.1. The lowest BCUT2D eigenvalue weighted by Crippen LogP contribution is -2.46. The number of aliphatic carboxylic acids is 1. The van der Waals surface area contributed by atoms with Crippen LogP contribution >= 0.6 is 0 Å². The molecule has 2 aromatic rings. The molecule has 0 spiro atoms. The van der Waals surface area contributed by atoms with Gasteiger partial charge < -0.3 is 20.5 Å². The Morgan fingerprint density at radius 1 is 1.08 bits per heavy atom. The average Bonchev–Trinajstić information content (AvgIpc) is 3.42. The minimum atomic E-state index is -0.957. The van der Waals surface area contributed by atoms with Crippen LogP contribution in [0.1, 0.15) is 106 Å². The molecule has 0 unspecified atom stereocenters. The molecule has 1 amide bonds. The lowest BCUT2D eigenvalue weighted by Gasteiger charge is -2.32. The van der Waals surface area contributed by atoms with Crippen LogP contribution in [0.4, 0.5) is 0 Å². The molecule has 0 saturated heterocycles. The number of aliphatic hydroxyl groups is 1. The van der Waals surface area contributed by atoms with Gasteiger partial charge in [-0.2, -0.15) is 0 Å². The van der Waals surface area contributed by atoms with Gasteiger partial charge in [-0.1, -0.05) is 51.2 Å². The van der Waals surface area contributed by atoms with E-state index in [-0.39, 0.29) is 23.3 Å². The summed E-state index contributed by atoms with van der Waals surface area (Å²) in [6.07, 6.45) is 10.4. The molecule has 0 aliphatic heterocycles. The Morgan fingerprint density at radius 2 is 1.78 bits per heavy atom. The van der Waals surface area contributed by atoms with E-state index in [1.807, 2.05) is 19.9 Å². The summed E-state index contributed by atoms with van der Waals surface area (Å²) in [5, 5.41) is 23.0. The fraction of sp³-hybridized carbons (Fsp3) is 0.600. The van der Waals surface area contributed by atoms with Crippen molar-refractivity contribution < 1.29 is 19.8 Å². The summed E-state index contributed by atoms with van der Waals surface area (Å²) in [4.78, 5) is 27.7. The van der Waals surface area contributed by atoms with Crippen molar-refractivity contribution in [1.82, 2.24) is 10.3 Å². The molecule has 6 nitrogen and oxygen atoms in total. The predicted molar refractivity (Wildman–Crippen MR) is 140 cm³/mol. The Labute approximate surface area is 213 Å². The molecule has 0 radical (unpaired) electrons. The SMILES string of the molecule is CC(C)(O)c1cc(-c2cc(C(=O)N[C@H]3C[C@H](C(=O)O)C3)[nH]c2CC2CCCCC2)cc(C2(C)CC2)c1. The van der Waals surface area contributed by atoms with E-state index in [1.54, 1.807) is 0 Å². The normalized spacial score (nSPS) is 23.7. The van der Waals surface area contributed by atoms with Gasteiger partial charge >= 0.3 is 5.97 Å². The molecular formula is C30H40N2O4. The quantitative estimate of drug-likeness (QED) is 0.381. The highest BCUT2D eigenvalue weighted by molar-refractivity contribution is 5.95. The standard InChI is InChI=1S/C30H40N2O4/c1-29(2,36)21-12-19(13-22(16-21)30(3)9-10-30)24-17-26(27(33)31-23-14-20(15-23)28(34)35)32-25(24)11-18-7-5-4-6-8-18/h12-13,16-18,20,23,32,36H,4-11,14-15H2,1-3H3,(H,31,33)(H,34,35)/t20-,23-. The molecule has 5 rings (SSSR count). The van der Waals surface area contributed by atoms with Gasteiger partial charge in [-0.3, -0.25) is 9.59 Å².